The van der Waals surface area contributed by atoms with Gasteiger partial charge >= 0.3 is 6.03 Å². The molecule has 2 aromatic rings. The fourth-order valence-corrected chi connectivity index (χ4v) is 3.56. The lowest BCUT2D eigenvalue weighted by atomic mass is 10.1. The summed E-state index contributed by atoms with van der Waals surface area (Å²) in [5.74, 6) is -0.0257. The molecule has 4 rings (SSSR count). The van der Waals surface area contributed by atoms with Crippen molar-refractivity contribution in [3.05, 3.63) is 59.7 Å². The number of nitrogens with one attached hydrogen (secondary N) is 1. The number of urea groups is 1. The Kier molecular flexibility index (Phi) is 4.14. The molecule has 2 aliphatic rings. The minimum atomic E-state index is -0.0892. The molecule has 0 unspecified atom stereocenters. The predicted molar refractivity (Wildman–Crippen MR) is 98.1 cm³/mol. The van der Waals surface area contributed by atoms with E-state index in [0.717, 1.165) is 38.0 Å². The lowest BCUT2D eigenvalue weighted by Crippen LogP contribution is -2.32. The molecule has 0 bridgehead atoms. The normalized spacial score (nSPS) is 16.0. The van der Waals surface area contributed by atoms with Crippen LogP contribution in [0.5, 0.6) is 0 Å². The van der Waals surface area contributed by atoms with Crippen molar-refractivity contribution in [2.45, 2.75) is 19.3 Å². The van der Waals surface area contributed by atoms with Gasteiger partial charge in [-0.25, -0.2) is 4.79 Å². The summed E-state index contributed by atoms with van der Waals surface area (Å²) in [6, 6.07) is 15.1. The van der Waals surface area contributed by atoms with E-state index >= 15 is 0 Å². The molecule has 2 aliphatic heterocycles. The number of hydrogen-bond acceptors (Lipinski definition) is 2. The standard InChI is InChI=1S/C20H21N3O2/c24-19(23-13-10-15-6-1-2-9-18(15)23)16-7-5-8-17(14-16)21-20(25)22-11-3-4-12-22/h1-2,5-9,14H,3-4,10-13H2,(H,21,25). The number of rotatable bonds is 2. The molecule has 3 amide bonds. The molecular formula is C20H21N3O2. The first-order valence-corrected chi connectivity index (χ1v) is 8.78. The van der Waals surface area contributed by atoms with Gasteiger partial charge in [-0.05, 0) is 49.1 Å². The van der Waals surface area contributed by atoms with Gasteiger partial charge < -0.3 is 15.1 Å². The Balaban J connectivity index is 1.51. The zero-order valence-corrected chi connectivity index (χ0v) is 14.1. The molecule has 0 aromatic heterocycles. The average molecular weight is 335 g/mol. The van der Waals surface area contributed by atoms with Crippen molar-refractivity contribution < 1.29 is 9.59 Å². The SMILES string of the molecule is O=C(Nc1cccc(C(=O)N2CCc3ccccc32)c1)N1CCCC1. The Hall–Kier alpha value is -2.82. The van der Waals surface area contributed by atoms with E-state index in [1.807, 2.05) is 40.1 Å². The number of carbonyl (C=O) groups is 2. The van der Waals surface area contributed by atoms with Crippen molar-refractivity contribution in [3.8, 4) is 0 Å². The van der Waals surface area contributed by atoms with Crippen molar-refractivity contribution in [2.24, 2.45) is 0 Å². The van der Waals surface area contributed by atoms with Crippen LogP contribution in [0.2, 0.25) is 0 Å². The lowest BCUT2D eigenvalue weighted by molar-refractivity contribution is 0.0989. The van der Waals surface area contributed by atoms with Crippen molar-refractivity contribution in [2.75, 3.05) is 29.9 Å². The second kappa shape index (κ2) is 6.59. The number of fused-ring (bicyclic) bond motifs is 1. The highest BCUT2D eigenvalue weighted by molar-refractivity contribution is 6.08. The van der Waals surface area contributed by atoms with Gasteiger partial charge in [0.05, 0.1) is 0 Å². The maximum atomic E-state index is 12.9. The zero-order valence-electron chi connectivity index (χ0n) is 14.1. The fourth-order valence-electron chi connectivity index (χ4n) is 3.56. The van der Waals surface area contributed by atoms with Crippen LogP contribution in [0.1, 0.15) is 28.8 Å². The molecule has 128 valence electrons. The van der Waals surface area contributed by atoms with Crippen LogP contribution in [0.3, 0.4) is 0 Å². The zero-order chi connectivity index (χ0) is 17.2. The van der Waals surface area contributed by atoms with Crippen LogP contribution in [0.4, 0.5) is 16.2 Å². The Morgan fingerprint density at radius 2 is 1.72 bits per heavy atom. The number of hydrogen-bond donors (Lipinski definition) is 1. The number of anilines is 2. The molecule has 0 atom stereocenters. The van der Waals surface area contributed by atoms with Gasteiger partial charge in [0.15, 0.2) is 0 Å². The van der Waals surface area contributed by atoms with E-state index in [1.165, 1.54) is 5.56 Å². The van der Waals surface area contributed by atoms with Crippen molar-refractivity contribution >= 4 is 23.3 Å². The topological polar surface area (TPSA) is 52.7 Å². The first kappa shape index (κ1) is 15.7. The highest BCUT2D eigenvalue weighted by Crippen LogP contribution is 2.29. The summed E-state index contributed by atoms with van der Waals surface area (Å²) in [5, 5.41) is 2.91. The minimum absolute atomic E-state index is 0.0257. The Morgan fingerprint density at radius 3 is 2.56 bits per heavy atom. The number of amides is 3. The van der Waals surface area contributed by atoms with Gasteiger partial charge in [-0.3, -0.25) is 4.79 Å². The maximum absolute atomic E-state index is 12.9. The van der Waals surface area contributed by atoms with Gasteiger partial charge in [0, 0.05) is 36.6 Å². The number of carbonyl (C=O) groups excluding carboxylic acids is 2. The van der Waals surface area contributed by atoms with Crippen molar-refractivity contribution in [1.29, 1.82) is 0 Å². The second-order valence-electron chi connectivity index (χ2n) is 6.54. The molecular weight excluding hydrogens is 314 g/mol. The molecule has 0 aliphatic carbocycles. The molecule has 5 heteroatoms. The smallest absolute Gasteiger partial charge is 0.321 e. The quantitative estimate of drug-likeness (QED) is 0.913. The molecule has 0 spiro atoms. The van der Waals surface area contributed by atoms with Gasteiger partial charge in [-0.15, -0.1) is 0 Å². The highest BCUT2D eigenvalue weighted by atomic mass is 16.2. The number of likely N-dealkylation sites (tertiary alicyclic amines) is 1. The van der Waals surface area contributed by atoms with E-state index in [2.05, 4.69) is 11.4 Å². The van der Waals surface area contributed by atoms with Crippen LogP contribution >= 0.6 is 0 Å². The van der Waals surface area contributed by atoms with E-state index in [0.29, 0.717) is 17.8 Å². The van der Waals surface area contributed by atoms with Crippen molar-refractivity contribution in [3.63, 3.8) is 0 Å². The first-order chi connectivity index (χ1) is 12.2. The van der Waals surface area contributed by atoms with Gasteiger partial charge in [-0.2, -0.15) is 0 Å². The summed E-state index contributed by atoms with van der Waals surface area (Å²) in [6.07, 6.45) is 2.99. The van der Waals surface area contributed by atoms with Crippen LogP contribution < -0.4 is 10.2 Å². The fraction of sp³-hybridized carbons (Fsp3) is 0.300. The number of para-hydroxylation sites is 1. The summed E-state index contributed by atoms with van der Waals surface area (Å²) in [5.41, 5.74) is 3.44. The molecule has 2 heterocycles. The summed E-state index contributed by atoms with van der Waals surface area (Å²) < 4.78 is 0. The Labute approximate surface area is 147 Å². The van der Waals surface area contributed by atoms with E-state index in [-0.39, 0.29) is 11.9 Å². The Morgan fingerprint density at radius 1 is 0.920 bits per heavy atom. The lowest BCUT2D eigenvalue weighted by Gasteiger charge is -2.19. The first-order valence-electron chi connectivity index (χ1n) is 8.78. The number of benzene rings is 2. The minimum Gasteiger partial charge on any atom is -0.325 e. The van der Waals surface area contributed by atoms with Gasteiger partial charge in [0.1, 0.15) is 0 Å². The molecule has 1 N–H and O–H groups in total. The van der Waals surface area contributed by atoms with Crippen LogP contribution in [0, 0.1) is 0 Å². The van der Waals surface area contributed by atoms with Crippen LogP contribution in [-0.4, -0.2) is 36.5 Å². The van der Waals surface area contributed by atoms with E-state index in [4.69, 9.17) is 0 Å². The maximum Gasteiger partial charge on any atom is 0.321 e. The second-order valence-corrected chi connectivity index (χ2v) is 6.54. The average Bonchev–Trinajstić information content (AvgIpc) is 3.31. The van der Waals surface area contributed by atoms with Gasteiger partial charge in [0.2, 0.25) is 0 Å². The van der Waals surface area contributed by atoms with Crippen LogP contribution in [0.15, 0.2) is 48.5 Å². The van der Waals surface area contributed by atoms with Crippen LogP contribution in [0.25, 0.3) is 0 Å². The largest absolute Gasteiger partial charge is 0.325 e. The number of nitrogens with zero attached hydrogens (tertiary/aromatic N) is 2. The van der Waals surface area contributed by atoms with Gasteiger partial charge in [-0.1, -0.05) is 24.3 Å². The summed E-state index contributed by atoms with van der Waals surface area (Å²) in [7, 11) is 0. The van der Waals surface area contributed by atoms with Crippen LogP contribution in [-0.2, 0) is 6.42 Å². The molecule has 25 heavy (non-hydrogen) atoms. The predicted octanol–water partition coefficient (Wildman–Crippen LogP) is 3.52. The Bertz CT molecular complexity index is 812. The summed E-state index contributed by atoms with van der Waals surface area (Å²) >= 11 is 0. The van der Waals surface area contributed by atoms with Gasteiger partial charge in [0.25, 0.3) is 5.91 Å². The third-order valence-corrected chi connectivity index (χ3v) is 4.89. The summed E-state index contributed by atoms with van der Waals surface area (Å²) in [6.45, 7) is 2.30. The monoisotopic (exact) mass is 335 g/mol. The molecule has 0 saturated carbocycles. The molecule has 1 saturated heterocycles. The third kappa shape index (κ3) is 3.09. The molecule has 5 nitrogen and oxygen atoms in total. The molecule has 0 radical (unpaired) electrons. The van der Waals surface area contributed by atoms with Crippen molar-refractivity contribution in [1.82, 2.24) is 4.90 Å². The third-order valence-electron chi connectivity index (χ3n) is 4.89. The van der Waals surface area contributed by atoms with E-state index in [9.17, 15) is 9.59 Å². The van der Waals surface area contributed by atoms with E-state index in [1.54, 1.807) is 12.1 Å². The molecule has 1 fully saturated rings. The highest BCUT2D eigenvalue weighted by Gasteiger charge is 2.25. The van der Waals surface area contributed by atoms with E-state index < -0.39 is 0 Å². The summed E-state index contributed by atoms with van der Waals surface area (Å²) in [4.78, 5) is 28.8. The molecule has 2 aromatic carbocycles.